The third kappa shape index (κ3) is 5.06. The zero-order chi connectivity index (χ0) is 17.6. The Morgan fingerprint density at radius 1 is 1.08 bits per heavy atom. The van der Waals surface area contributed by atoms with Gasteiger partial charge < -0.3 is 15.7 Å². The lowest BCUT2D eigenvalue weighted by atomic mass is 10.2. The van der Waals surface area contributed by atoms with Gasteiger partial charge in [-0.15, -0.1) is 11.3 Å². The number of carbonyl (C=O) groups excluding carboxylic acids is 1. The zero-order valence-electron chi connectivity index (χ0n) is 13.2. The summed E-state index contributed by atoms with van der Waals surface area (Å²) in [5.41, 5.74) is 1.88. The molecule has 1 unspecified atom stereocenters. The van der Waals surface area contributed by atoms with Crippen LogP contribution in [0.1, 0.15) is 27.0 Å². The van der Waals surface area contributed by atoms with Crippen molar-refractivity contribution in [1.29, 1.82) is 0 Å². The van der Waals surface area contributed by atoms with E-state index in [1.165, 1.54) is 11.3 Å². The van der Waals surface area contributed by atoms with Crippen LogP contribution in [0, 0.1) is 0 Å². The third-order valence-corrected chi connectivity index (χ3v) is 5.69. The number of benzene rings is 1. The van der Waals surface area contributed by atoms with Crippen LogP contribution in [-0.2, 0) is 13.1 Å². The molecule has 0 bridgehead atoms. The molecule has 2 aromatic heterocycles. The Balaban J connectivity index is 1.47. The first-order chi connectivity index (χ1) is 12.1. The molecule has 130 valence electrons. The predicted octanol–water partition coefficient (Wildman–Crippen LogP) is 4.54. The van der Waals surface area contributed by atoms with Crippen molar-refractivity contribution >= 4 is 40.3 Å². The lowest BCUT2D eigenvalue weighted by Crippen LogP contribution is -2.34. The number of nitrogens with one attached hydrogen (secondary N) is 2. The molecule has 3 N–H and O–H groups in total. The molecule has 25 heavy (non-hydrogen) atoms. The van der Waals surface area contributed by atoms with Crippen LogP contribution in [0.5, 0.6) is 0 Å². The van der Waals surface area contributed by atoms with Crippen molar-refractivity contribution in [2.24, 2.45) is 0 Å². The van der Waals surface area contributed by atoms with Crippen LogP contribution in [-0.4, -0.2) is 11.1 Å². The molecule has 1 aromatic carbocycles. The molecule has 0 saturated heterocycles. The Bertz CT molecular complexity index is 816. The second-order valence-electron chi connectivity index (χ2n) is 5.43. The quantitative estimate of drug-likeness (QED) is 0.576. The second-order valence-corrected chi connectivity index (χ2v) is 7.84. The van der Waals surface area contributed by atoms with Crippen molar-refractivity contribution in [1.82, 2.24) is 10.6 Å². The lowest BCUT2D eigenvalue weighted by molar-refractivity contribution is 0.224. The number of halogens is 1. The Hall–Kier alpha value is -1.86. The maximum Gasteiger partial charge on any atom is 0.315 e. The van der Waals surface area contributed by atoms with Gasteiger partial charge in [0.25, 0.3) is 0 Å². The van der Waals surface area contributed by atoms with Crippen LogP contribution in [0.25, 0.3) is 0 Å². The van der Waals surface area contributed by atoms with E-state index in [9.17, 15) is 9.90 Å². The average Bonchev–Trinajstić information content (AvgIpc) is 3.30. The molecule has 2 heterocycles. The monoisotopic (exact) mass is 392 g/mol. The average molecular weight is 393 g/mol. The maximum absolute atomic E-state index is 11.9. The van der Waals surface area contributed by atoms with Gasteiger partial charge in [-0.05, 0) is 52.2 Å². The first-order valence-corrected chi connectivity index (χ1v) is 9.80. The van der Waals surface area contributed by atoms with Crippen molar-refractivity contribution in [3.05, 3.63) is 79.1 Å². The summed E-state index contributed by atoms with van der Waals surface area (Å²) in [5.74, 6) is 0. The highest BCUT2D eigenvalue weighted by Crippen LogP contribution is 2.29. The van der Waals surface area contributed by atoms with E-state index in [0.717, 1.165) is 20.9 Å². The van der Waals surface area contributed by atoms with Crippen molar-refractivity contribution < 1.29 is 9.90 Å². The number of urea groups is 1. The number of thiophene rings is 2. The number of amides is 2. The number of aliphatic hydroxyl groups is 1. The first kappa shape index (κ1) is 17.9. The molecule has 0 aliphatic rings. The molecule has 0 aliphatic heterocycles. The Kier molecular flexibility index (Phi) is 6.09. The molecule has 0 spiro atoms. The van der Waals surface area contributed by atoms with E-state index in [1.807, 2.05) is 41.1 Å². The highest BCUT2D eigenvalue weighted by Gasteiger charge is 2.13. The van der Waals surface area contributed by atoms with E-state index in [0.29, 0.717) is 18.1 Å². The van der Waals surface area contributed by atoms with Gasteiger partial charge in [-0.2, -0.15) is 11.3 Å². The minimum absolute atomic E-state index is 0.233. The molecule has 3 rings (SSSR count). The summed E-state index contributed by atoms with van der Waals surface area (Å²) in [6.07, 6.45) is -0.608. The lowest BCUT2D eigenvalue weighted by Gasteiger charge is -2.07. The number of carbonyl (C=O) groups is 1. The van der Waals surface area contributed by atoms with Crippen LogP contribution < -0.4 is 10.6 Å². The number of rotatable bonds is 6. The minimum atomic E-state index is -0.608. The molecule has 3 aromatic rings. The highest BCUT2D eigenvalue weighted by atomic mass is 35.5. The van der Waals surface area contributed by atoms with Gasteiger partial charge >= 0.3 is 6.03 Å². The zero-order valence-corrected chi connectivity index (χ0v) is 15.6. The van der Waals surface area contributed by atoms with Crippen molar-refractivity contribution in [2.75, 3.05) is 0 Å². The van der Waals surface area contributed by atoms with E-state index >= 15 is 0 Å². The van der Waals surface area contributed by atoms with Gasteiger partial charge in [0.15, 0.2) is 0 Å². The Morgan fingerprint density at radius 3 is 2.56 bits per heavy atom. The fraction of sp³-hybridized carbons (Fsp3) is 0.167. The molecule has 7 heteroatoms. The van der Waals surface area contributed by atoms with Gasteiger partial charge in [0.2, 0.25) is 0 Å². The molecule has 1 atom stereocenters. The Morgan fingerprint density at radius 2 is 1.84 bits per heavy atom. The van der Waals surface area contributed by atoms with Crippen LogP contribution in [0.3, 0.4) is 0 Å². The van der Waals surface area contributed by atoms with E-state index in [4.69, 9.17) is 11.6 Å². The summed E-state index contributed by atoms with van der Waals surface area (Å²) in [6, 6.07) is 12.8. The minimum Gasteiger partial charge on any atom is -0.383 e. The molecule has 0 radical (unpaired) electrons. The van der Waals surface area contributed by atoms with Gasteiger partial charge in [-0.25, -0.2) is 4.79 Å². The third-order valence-electron chi connectivity index (χ3n) is 3.60. The second kappa shape index (κ2) is 8.49. The van der Waals surface area contributed by atoms with Gasteiger partial charge in [0.05, 0.1) is 6.54 Å². The molecule has 0 fully saturated rings. The Labute approximate surface area is 159 Å². The van der Waals surface area contributed by atoms with Crippen LogP contribution in [0.4, 0.5) is 4.79 Å². The van der Waals surface area contributed by atoms with Crippen LogP contribution in [0.2, 0.25) is 5.02 Å². The van der Waals surface area contributed by atoms with E-state index in [1.54, 1.807) is 23.5 Å². The summed E-state index contributed by atoms with van der Waals surface area (Å²) >= 11 is 8.89. The normalized spacial score (nSPS) is 11.9. The van der Waals surface area contributed by atoms with E-state index in [-0.39, 0.29) is 6.03 Å². The summed E-state index contributed by atoms with van der Waals surface area (Å²) in [6.45, 7) is 0.864. The summed E-state index contributed by atoms with van der Waals surface area (Å²) in [4.78, 5) is 13.8. The van der Waals surface area contributed by atoms with Crippen LogP contribution in [0.15, 0.2) is 53.2 Å². The summed E-state index contributed by atoms with van der Waals surface area (Å²) in [5, 5.41) is 20.5. The SMILES string of the molecule is O=C(NCc1ccc(Cl)cc1)NCc1ccc(C(O)c2ccsc2)s1. The molecule has 0 saturated carbocycles. The standard InChI is InChI=1S/C18H17ClN2O2S2/c19-14-3-1-12(2-4-14)9-20-18(23)21-10-15-5-6-16(25-15)17(22)13-7-8-24-11-13/h1-8,11,17,22H,9-10H2,(H2,20,21,23). The number of aliphatic hydroxyl groups excluding tert-OH is 1. The van der Waals surface area contributed by atoms with E-state index in [2.05, 4.69) is 10.6 Å². The maximum atomic E-state index is 11.9. The first-order valence-electron chi connectivity index (χ1n) is 7.67. The van der Waals surface area contributed by atoms with Gasteiger partial charge in [-0.1, -0.05) is 23.7 Å². The van der Waals surface area contributed by atoms with Crippen molar-refractivity contribution in [3.63, 3.8) is 0 Å². The fourth-order valence-corrected chi connectivity index (χ4v) is 4.02. The van der Waals surface area contributed by atoms with E-state index < -0.39 is 6.10 Å². The summed E-state index contributed by atoms with van der Waals surface area (Å²) < 4.78 is 0. The molecule has 4 nitrogen and oxygen atoms in total. The summed E-state index contributed by atoms with van der Waals surface area (Å²) in [7, 11) is 0. The molecule has 2 amide bonds. The fourth-order valence-electron chi connectivity index (χ4n) is 2.25. The molecule has 0 aliphatic carbocycles. The van der Waals surface area contributed by atoms with Gasteiger partial charge in [0, 0.05) is 21.3 Å². The largest absolute Gasteiger partial charge is 0.383 e. The highest BCUT2D eigenvalue weighted by molar-refractivity contribution is 7.12. The number of hydrogen-bond acceptors (Lipinski definition) is 4. The molecular weight excluding hydrogens is 376 g/mol. The number of hydrogen-bond donors (Lipinski definition) is 3. The predicted molar refractivity (Wildman–Crippen MR) is 103 cm³/mol. The molecular formula is C18H17ClN2O2S2. The van der Waals surface area contributed by atoms with Crippen molar-refractivity contribution in [3.8, 4) is 0 Å². The van der Waals surface area contributed by atoms with Crippen molar-refractivity contribution in [2.45, 2.75) is 19.2 Å². The topological polar surface area (TPSA) is 61.4 Å². The van der Waals surface area contributed by atoms with Crippen LogP contribution >= 0.6 is 34.3 Å². The van der Waals surface area contributed by atoms with Gasteiger partial charge in [0.1, 0.15) is 6.10 Å². The van der Waals surface area contributed by atoms with Gasteiger partial charge in [-0.3, -0.25) is 0 Å². The smallest absolute Gasteiger partial charge is 0.315 e.